The lowest BCUT2D eigenvalue weighted by Crippen LogP contribution is -2.17. The summed E-state index contributed by atoms with van der Waals surface area (Å²) in [6, 6.07) is 3.52. The van der Waals surface area contributed by atoms with Crippen LogP contribution in [-0.2, 0) is 10.0 Å². The van der Waals surface area contributed by atoms with E-state index in [0.717, 1.165) is 12.1 Å². The van der Waals surface area contributed by atoms with E-state index in [1.54, 1.807) is 0 Å². The molecule has 0 aliphatic heterocycles. The van der Waals surface area contributed by atoms with Crippen LogP contribution in [0.4, 0.5) is 11.4 Å². The monoisotopic (exact) mass is 294 g/mol. The Labute approximate surface area is 114 Å². The maximum atomic E-state index is 12.2. The molecule has 1 aromatic carbocycles. The number of benzene rings is 1. The van der Waals surface area contributed by atoms with Gasteiger partial charge in [-0.1, -0.05) is 0 Å². The van der Waals surface area contributed by atoms with Crippen molar-refractivity contribution in [2.75, 3.05) is 10.5 Å². The van der Waals surface area contributed by atoms with Crippen molar-refractivity contribution in [3.05, 3.63) is 42.5 Å². The van der Waals surface area contributed by atoms with Crippen molar-refractivity contribution in [2.45, 2.75) is 4.90 Å². The first kappa shape index (κ1) is 13.7. The summed E-state index contributed by atoms with van der Waals surface area (Å²) in [5, 5.41) is 9.05. The average Bonchev–Trinajstić information content (AvgIpc) is 2.38. The van der Waals surface area contributed by atoms with Crippen LogP contribution < -0.4 is 10.5 Å². The number of hydrogen-bond acceptors (Lipinski definition) is 6. The Bertz CT molecular complexity index is 746. The first-order valence-corrected chi connectivity index (χ1v) is 6.79. The van der Waals surface area contributed by atoms with E-state index in [1.807, 2.05) is 0 Å². The summed E-state index contributed by atoms with van der Waals surface area (Å²) in [5.41, 5.74) is 5.34. The Kier molecular flexibility index (Phi) is 3.53. The molecular formula is C11H10N4O4S. The van der Waals surface area contributed by atoms with Crippen LogP contribution in [0.15, 0.2) is 41.8 Å². The van der Waals surface area contributed by atoms with E-state index in [9.17, 15) is 13.2 Å². The quantitative estimate of drug-likeness (QED) is 0.701. The molecule has 8 nitrogen and oxygen atoms in total. The zero-order valence-corrected chi connectivity index (χ0v) is 10.8. The van der Waals surface area contributed by atoms with E-state index in [1.165, 1.54) is 24.8 Å². The number of carboxylic acid groups (broad SMARTS) is 1. The van der Waals surface area contributed by atoms with Gasteiger partial charge in [-0.3, -0.25) is 4.72 Å². The Balaban J connectivity index is 2.47. The highest BCUT2D eigenvalue weighted by Crippen LogP contribution is 2.21. The van der Waals surface area contributed by atoms with Crippen molar-refractivity contribution in [3.63, 3.8) is 0 Å². The number of aromatic carboxylic acids is 1. The second-order valence-corrected chi connectivity index (χ2v) is 5.44. The van der Waals surface area contributed by atoms with Gasteiger partial charge in [-0.05, 0) is 18.2 Å². The molecular weight excluding hydrogens is 284 g/mol. The zero-order valence-electron chi connectivity index (χ0n) is 10.0. The van der Waals surface area contributed by atoms with Gasteiger partial charge < -0.3 is 10.8 Å². The fraction of sp³-hybridized carbons (Fsp3) is 0. The molecule has 0 saturated carbocycles. The summed E-state index contributed by atoms with van der Waals surface area (Å²) < 4.78 is 26.5. The van der Waals surface area contributed by atoms with Crippen LogP contribution in [0, 0.1) is 0 Å². The SMILES string of the molecule is Nc1ccc(S(=O)(=O)Nc2cncnc2)c(C(=O)O)c1. The topological polar surface area (TPSA) is 135 Å². The summed E-state index contributed by atoms with van der Waals surface area (Å²) in [4.78, 5) is 18.0. The van der Waals surface area contributed by atoms with Crippen molar-refractivity contribution >= 4 is 27.4 Å². The highest BCUT2D eigenvalue weighted by molar-refractivity contribution is 7.92. The normalized spacial score (nSPS) is 11.0. The van der Waals surface area contributed by atoms with Gasteiger partial charge >= 0.3 is 5.97 Å². The fourth-order valence-electron chi connectivity index (χ4n) is 1.51. The minimum atomic E-state index is -4.07. The molecule has 0 unspecified atom stereocenters. The lowest BCUT2D eigenvalue weighted by Gasteiger charge is -2.10. The number of hydrogen-bond donors (Lipinski definition) is 3. The molecule has 0 atom stereocenters. The smallest absolute Gasteiger partial charge is 0.337 e. The number of nitrogens with two attached hydrogens (primary N) is 1. The van der Waals surface area contributed by atoms with Crippen LogP contribution in [-0.4, -0.2) is 29.5 Å². The lowest BCUT2D eigenvalue weighted by atomic mass is 10.2. The predicted molar refractivity (Wildman–Crippen MR) is 70.7 cm³/mol. The second-order valence-electron chi connectivity index (χ2n) is 3.79. The minimum absolute atomic E-state index is 0.126. The molecule has 9 heteroatoms. The molecule has 1 aromatic heterocycles. The molecule has 0 aliphatic rings. The Morgan fingerprint density at radius 3 is 2.50 bits per heavy atom. The molecule has 4 N–H and O–H groups in total. The fourth-order valence-corrected chi connectivity index (χ4v) is 2.72. The van der Waals surface area contributed by atoms with Gasteiger partial charge in [0.1, 0.15) is 11.2 Å². The number of anilines is 2. The summed E-state index contributed by atoms with van der Waals surface area (Å²) in [6.45, 7) is 0. The average molecular weight is 294 g/mol. The maximum Gasteiger partial charge on any atom is 0.337 e. The minimum Gasteiger partial charge on any atom is -0.478 e. The van der Waals surface area contributed by atoms with E-state index in [-0.39, 0.29) is 16.3 Å². The third-order valence-corrected chi connectivity index (χ3v) is 3.78. The third-order valence-electron chi connectivity index (χ3n) is 2.34. The standard InChI is InChI=1S/C11H10N4O4S/c12-7-1-2-10(9(3-7)11(16)17)20(18,19)15-8-4-13-6-14-5-8/h1-6,15H,12H2,(H,16,17). The number of nitrogens with zero attached hydrogens (tertiary/aromatic N) is 2. The molecule has 2 rings (SSSR count). The summed E-state index contributed by atoms with van der Waals surface area (Å²) >= 11 is 0. The predicted octanol–water partition coefficient (Wildman–Crippen LogP) is 0.558. The van der Waals surface area contributed by atoms with Crippen LogP contribution in [0.2, 0.25) is 0 Å². The van der Waals surface area contributed by atoms with Crippen LogP contribution in [0.1, 0.15) is 10.4 Å². The molecule has 2 aromatic rings. The summed E-state index contributed by atoms with van der Waals surface area (Å²) in [6.07, 6.45) is 3.74. The Hall–Kier alpha value is -2.68. The molecule has 1 heterocycles. The van der Waals surface area contributed by atoms with Crippen molar-refractivity contribution < 1.29 is 18.3 Å². The molecule has 104 valence electrons. The van der Waals surface area contributed by atoms with Crippen molar-refractivity contribution in [1.29, 1.82) is 0 Å². The lowest BCUT2D eigenvalue weighted by molar-refractivity contribution is 0.0692. The van der Waals surface area contributed by atoms with E-state index >= 15 is 0 Å². The second kappa shape index (κ2) is 5.13. The Morgan fingerprint density at radius 2 is 1.90 bits per heavy atom. The number of rotatable bonds is 4. The van der Waals surface area contributed by atoms with Gasteiger partial charge in [0.05, 0.1) is 23.6 Å². The molecule has 0 spiro atoms. The van der Waals surface area contributed by atoms with Gasteiger partial charge in [0, 0.05) is 5.69 Å². The first-order chi connectivity index (χ1) is 9.40. The number of nitrogens with one attached hydrogen (secondary N) is 1. The summed E-state index contributed by atoms with van der Waals surface area (Å²) in [5.74, 6) is -1.39. The van der Waals surface area contributed by atoms with Crippen LogP contribution in [0.5, 0.6) is 0 Å². The first-order valence-electron chi connectivity index (χ1n) is 5.31. The van der Waals surface area contributed by atoms with E-state index in [2.05, 4.69) is 14.7 Å². The maximum absolute atomic E-state index is 12.2. The van der Waals surface area contributed by atoms with Crippen LogP contribution in [0.25, 0.3) is 0 Å². The molecule has 0 saturated heterocycles. The van der Waals surface area contributed by atoms with E-state index in [4.69, 9.17) is 10.8 Å². The van der Waals surface area contributed by atoms with Gasteiger partial charge in [-0.2, -0.15) is 0 Å². The van der Waals surface area contributed by atoms with E-state index < -0.39 is 21.6 Å². The molecule has 0 aliphatic carbocycles. The number of nitrogen functional groups attached to an aromatic ring is 1. The molecule has 0 radical (unpaired) electrons. The molecule has 20 heavy (non-hydrogen) atoms. The van der Waals surface area contributed by atoms with Crippen LogP contribution in [0.3, 0.4) is 0 Å². The van der Waals surface area contributed by atoms with Gasteiger partial charge in [-0.15, -0.1) is 0 Å². The number of aromatic nitrogens is 2. The van der Waals surface area contributed by atoms with Crippen LogP contribution >= 0.6 is 0 Å². The number of carboxylic acids is 1. The molecule has 0 fully saturated rings. The highest BCUT2D eigenvalue weighted by atomic mass is 32.2. The van der Waals surface area contributed by atoms with Gasteiger partial charge in [-0.25, -0.2) is 23.2 Å². The third kappa shape index (κ3) is 2.83. The Morgan fingerprint density at radius 1 is 1.25 bits per heavy atom. The van der Waals surface area contributed by atoms with Gasteiger partial charge in [0.25, 0.3) is 10.0 Å². The number of carbonyl (C=O) groups is 1. The highest BCUT2D eigenvalue weighted by Gasteiger charge is 2.22. The largest absolute Gasteiger partial charge is 0.478 e. The van der Waals surface area contributed by atoms with Crippen molar-refractivity contribution in [1.82, 2.24) is 9.97 Å². The van der Waals surface area contributed by atoms with E-state index in [0.29, 0.717) is 0 Å². The van der Waals surface area contributed by atoms with Crippen molar-refractivity contribution in [3.8, 4) is 0 Å². The zero-order chi connectivity index (χ0) is 14.8. The van der Waals surface area contributed by atoms with Gasteiger partial charge in [0.15, 0.2) is 0 Å². The molecule has 0 bridgehead atoms. The molecule has 0 amide bonds. The summed E-state index contributed by atoms with van der Waals surface area (Å²) in [7, 11) is -4.07. The van der Waals surface area contributed by atoms with Gasteiger partial charge in [0.2, 0.25) is 0 Å². The number of sulfonamides is 1. The van der Waals surface area contributed by atoms with Crippen molar-refractivity contribution in [2.24, 2.45) is 0 Å².